The molecule has 1 aromatic heterocycles. The Balaban J connectivity index is 1.59. The first kappa shape index (κ1) is 22.5. The molecule has 6 nitrogen and oxygen atoms in total. The van der Waals surface area contributed by atoms with Crippen molar-refractivity contribution in [2.75, 3.05) is 25.0 Å². The van der Waals surface area contributed by atoms with E-state index in [-0.39, 0.29) is 24.2 Å². The standard InChI is InChI=1S/C24H26N2O4S/c1-3-26(4-2)22(27)16-30-20-10-8-9-19(15-20)25-24(28)23-18(13-14-29-23)17-31-21-11-6-5-7-12-21/h5-15H,3-4,16-17H2,1-2H3,(H,25,28). The number of rotatable bonds is 10. The molecule has 1 N–H and O–H groups in total. The van der Waals surface area contributed by atoms with E-state index in [1.807, 2.05) is 50.2 Å². The number of hydrogen-bond donors (Lipinski definition) is 1. The van der Waals surface area contributed by atoms with E-state index in [0.29, 0.717) is 30.3 Å². The highest BCUT2D eigenvalue weighted by Gasteiger charge is 2.16. The zero-order valence-electron chi connectivity index (χ0n) is 17.7. The van der Waals surface area contributed by atoms with Crippen LogP contribution in [0.15, 0.2) is 76.2 Å². The Bertz CT molecular complexity index is 1000. The van der Waals surface area contributed by atoms with Crippen LogP contribution in [0.3, 0.4) is 0 Å². The van der Waals surface area contributed by atoms with Crippen LogP contribution in [0.1, 0.15) is 30.0 Å². The Kier molecular flexibility index (Phi) is 8.18. The van der Waals surface area contributed by atoms with E-state index in [0.717, 1.165) is 10.5 Å². The van der Waals surface area contributed by atoms with Crippen molar-refractivity contribution in [2.24, 2.45) is 0 Å². The van der Waals surface area contributed by atoms with E-state index >= 15 is 0 Å². The number of carbonyl (C=O) groups is 2. The van der Waals surface area contributed by atoms with Crippen LogP contribution in [0.5, 0.6) is 5.75 Å². The monoisotopic (exact) mass is 438 g/mol. The third-order valence-electron chi connectivity index (χ3n) is 4.66. The minimum Gasteiger partial charge on any atom is -0.484 e. The lowest BCUT2D eigenvalue weighted by molar-refractivity contribution is -0.132. The number of benzene rings is 2. The number of nitrogens with zero attached hydrogens (tertiary/aromatic N) is 1. The topological polar surface area (TPSA) is 71.8 Å². The quantitative estimate of drug-likeness (QED) is 0.448. The SMILES string of the molecule is CCN(CC)C(=O)COc1cccc(NC(=O)c2occc2CSc2ccccc2)c1. The molecule has 0 aliphatic rings. The number of hydrogen-bond acceptors (Lipinski definition) is 5. The first-order valence-corrected chi connectivity index (χ1v) is 11.2. The maximum Gasteiger partial charge on any atom is 0.291 e. The van der Waals surface area contributed by atoms with Crippen molar-refractivity contribution in [3.63, 3.8) is 0 Å². The molecule has 0 fully saturated rings. The molecule has 0 saturated heterocycles. The summed E-state index contributed by atoms with van der Waals surface area (Å²) in [5.41, 5.74) is 1.39. The lowest BCUT2D eigenvalue weighted by atomic mass is 10.2. The summed E-state index contributed by atoms with van der Waals surface area (Å²) in [5.74, 6) is 1.02. The second-order valence-corrected chi connectivity index (χ2v) is 7.76. The van der Waals surface area contributed by atoms with Gasteiger partial charge in [0.2, 0.25) is 0 Å². The molecule has 2 aromatic carbocycles. The Morgan fingerprint density at radius 1 is 1.03 bits per heavy atom. The Hall–Kier alpha value is -3.19. The molecule has 0 spiro atoms. The van der Waals surface area contributed by atoms with Gasteiger partial charge in [0.1, 0.15) is 5.75 Å². The first-order valence-electron chi connectivity index (χ1n) is 10.2. The zero-order valence-corrected chi connectivity index (χ0v) is 18.5. The fourth-order valence-corrected chi connectivity index (χ4v) is 3.89. The third-order valence-corrected chi connectivity index (χ3v) is 5.72. The maximum atomic E-state index is 12.7. The molecule has 7 heteroatoms. The van der Waals surface area contributed by atoms with Crippen molar-refractivity contribution in [3.8, 4) is 5.75 Å². The minimum absolute atomic E-state index is 0.0435. The normalized spacial score (nSPS) is 10.5. The first-order chi connectivity index (χ1) is 15.1. The van der Waals surface area contributed by atoms with Crippen molar-refractivity contribution in [1.82, 2.24) is 4.90 Å². The summed E-state index contributed by atoms with van der Waals surface area (Å²) in [5, 5.41) is 2.84. The van der Waals surface area contributed by atoms with Crippen LogP contribution in [0, 0.1) is 0 Å². The average Bonchev–Trinajstić information content (AvgIpc) is 3.27. The van der Waals surface area contributed by atoms with Gasteiger partial charge in [-0.25, -0.2) is 0 Å². The van der Waals surface area contributed by atoms with E-state index < -0.39 is 0 Å². The minimum atomic E-state index is -0.329. The molecule has 162 valence electrons. The van der Waals surface area contributed by atoms with Gasteiger partial charge >= 0.3 is 0 Å². The summed E-state index contributed by atoms with van der Waals surface area (Å²) in [4.78, 5) is 27.7. The van der Waals surface area contributed by atoms with Crippen LogP contribution in [0.4, 0.5) is 5.69 Å². The largest absolute Gasteiger partial charge is 0.484 e. The van der Waals surface area contributed by atoms with Crippen LogP contribution in [-0.2, 0) is 10.5 Å². The molecular weight excluding hydrogens is 412 g/mol. The van der Waals surface area contributed by atoms with Gasteiger partial charge in [0.05, 0.1) is 6.26 Å². The van der Waals surface area contributed by atoms with Crippen molar-refractivity contribution < 1.29 is 18.7 Å². The van der Waals surface area contributed by atoms with E-state index in [1.54, 1.807) is 40.9 Å². The number of ether oxygens (including phenoxy) is 1. The number of thioether (sulfide) groups is 1. The highest BCUT2D eigenvalue weighted by Crippen LogP contribution is 2.26. The second-order valence-electron chi connectivity index (χ2n) is 6.71. The lowest BCUT2D eigenvalue weighted by Gasteiger charge is -2.18. The summed E-state index contributed by atoms with van der Waals surface area (Å²) in [7, 11) is 0. The molecule has 0 aliphatic heterocycles. The van der Waals surface area contributed by atoms with Gasteiger partial charge in [-0.05, 0) is 44.2 Å². The van der Waals surface area contributed by atoms with Crippen molar-refractivity contribution in [2.45, 2.75) is 24.5 Å². The summed E-state index contributed by atoms with van der Waals surface area (Å²) in [6.07, 6.45) is 1.52. The van der Waals surface area contributed by atoms with Gasteiger partial charge in [-0.1, -0.05) is 24.3 Å². The molecule has 1 heterocycles. The number of carbonyl (C=O) groups excluding carboxylic acids is 2. The average molecular weight is 439 g/mol. The van der Waals surface area contributed by atoms with Crippen LogP contribution < -0.4 is 10.1 Å². The molecule has 0 unspecified atom stereocenters. The van der Waals surface area contributed by atoms with E-state index in [2.05, 4.69) is 5.32 Å². The van der Waals surface area contributed by atoms with Gasteiger partial charge in [0, 0.05) is 41.1 Å². The summed E-state index contributed by atoms with van der Waals surface area (Å²) in [6.45, 7) is 5.10. The van der Waals surface area contributed by atoms with Gasteiger partial charge < -0.3 is 19.4 Å². The van der Waals surface area contributed by atoms with E-state index in [9.17, 15) is 9.59 Å². The summed E-state index contributed by atoms with van der Waals surface area (Å²) in [6, 6.07) is 18.8. The fourth-order valence-electron chi connectivity index (χ4n) is 2.99. The number of anilines is 1. The van der Waals surface area contributed by atoms with Crippen LogP contribution >= 0.6 is 11.8 Å². The molecule has 31 heavy (non-hydrogen) atoms. The van der Waals surface area contributed by atoms with Crippen LogP contribution in [-0.4, -0.2) is 36.4 Å². The second kappa shape index (κ2) is 11.3. The number of nitrogens with one attached hydrogen (secondary N) is 1. The molecule has 0 aliphatic carbocycles. The van der Waals surface area contributed by atoms with Gasteiger partial charge in [-0.15, -0.1) is 11.8 Å². The highest BCUT2D eigenvalue weighted by atomic mass is 32.2. The predicted octanol–water partition coefficient (Wildman–Crippen LogP) is 5.07. The fraction of sp³-hybridized carbons (Fsp3) is 0.250. The molecule has 3 aromatic rings. The molecule has 0 atom stereocenters. The molecule has 0 radical (unpaired) electrons. The van der Waals surface area contributed by atoms with Gasteiger partial charge in [0.15, 0.2) is 12.4 Å². The van der Waals surface area contributed by atoms with Gasteiger partial charge in [0.25, 0.3) is 11.8 Å². The highest BCUT2D eigenvalue weighted by molar-refractivity contribution is 7.98. The van der Waals surface area contributed by atoms with Gasteiger partial charge in [-0.3, -0.25) is 9.59 Å². The lowest BCUT2D eigenvalue weighted by Crippen LogP contribution is -2.34. The third kappa shape index (κ3) is 6.39. The van der Waals surface area contributed by atoms with E-state index in [1.165, 1.54) is 6.26 Å². The Labute approximate surface area is 186 Å². The van der Waals surface area contributed by atoms with Crippen molar-refractivity contribution in [3.05, 3.63) is 78.3 Å². The van der Waals surface area contributed by atoms with Gasteiger partial charge in [-0.2, -0.15) is 0 Å². The molecule has 0 bridgehead atoms. The van der Waals surface area contributed by atoms with Crippen LogP contribution in [0.2, 0.25) is 0 Å². The summed E-state index contributed by atoms with van der Waals surface area (Å²) < 4.78 is 11.0. The van der Waals surface area contributed by atoms with Crippen molar-refractivity contribution in [1.29, 1.82) is 0 Å². The molecule has 3 rings (SSSR count). The molecule has 0 saturated carbocycles. The van der Waals surface area contributed by atoms with Crippen LogP contribution in [0.25, 0.3) is 0 Å². The number of amides is 2. The van der Waals surface area contributed by atoms with E-state index in [4.69, 9.17) is 9.15 Å². The molecule has 2 amide bonds. The zero-order chi connectivity index (χ0) is 22.1. The predicted molar refractivity (Wildman–Crippen MR) is 123 cm³/mol. The van der Waals surface area contributed by atoms with Crippen molar-refractivity contribution >= 4 is 29.3 Å². The Morgan fingerprint density at radius 2 is 1.81 bits per heavy atom. The maximum absolute atomic E-state index is 12.7. The smallest absolute Gasteiger partial charge is 0.291 e. The molecular formula is C24H26N2O4S. The summed E-state index contributed by atoms with van der Waals surface area (Å²) >= 11 is 1.64. The Morgan fingerprint density at radius 3 is 2.55 bits per heavy atom. The number of furan rings is 1. The number of likely N-dealkylation sites (N-methyl/N-ethyl adjacent to an activating group) is 1.